The fraction of sp³-hybridized carbons (Fsp3) is 0.0588. The molecule has 10 aromatic rings. The maximum absolute atomic E-state index is 9.13. The first kappa shape index (κ1) is 36.3. The fourth-order valence-corrected chi connectivity index (χ4v) is 17.8. The Kier molecular flexibility index (Phi) is 8.30. The number of hydrogen-bond acceptors (Lipinski definition) is 10. The molecule has 0 saturated heterocycles. The third-order valence-corrected chi connectivity index (χ3v) is 21.1. The van der Waals surface area contributed by atoms with Gasteiger partial charge in [-0.3, -0.25) is 0 Å². The Balaban J connectivity index is 0.945. The normalized spacial score (nSPS) is 18.6. The summed E-state index contributed by atoms with van der Waals surface area (Å²) in [5, 5.41) is 0. The van der Waals surface area contributed by atoms with Crippen molar-refractivity contribution in [3.8, 4) is 11.1 Å². The summed E-state index contributed by atoms with van der Waals surface area (Å²) in [5.41, 5.74) is 13.5. The van der Waals surface area contributed by atoms with Gasteiger partial charge in [-0.05, 0) is 0 Å². The van der Waals surface area contributed by atoms with Crippen LogP contribution in [0.25, 0.3) is 11.1 Å². The standard InChI is InChI=1S/C68H52N10.2Pt/c1-69-45-73(65-34-12-8-30-61(65)69)50-22-16-26-54(40-50)77(55-27-17-23-51(41-55)74-46-70(2)62-31-9-13-35-66(62)74)58-38-39-60(59(44-58)49-20-6-5-7-21-49)78(56-28-18-24-52(42-56)75-47-71(3)63-32-10-14-36-67(63)75)57-29-19-25-53(43-57)76-48-72(4)64-33-11-15-37-68(64)76;;/h5-44H,1-4H3;;/i1D3,2D3,3D3,4D3;;. The molecule has 0 amide bonds. The second-order valence-corrected chi connectivity index (χ2v) is 24.8. The summed E-state index contributed by atoms with van der Waals surface area (Å²) in [6, 6.07) is 78.3. The molecule has 12 heteroatoms. The first-order valence-electron chi connectivity index (χ1n) is 31.8. The van der Waals surface area contributed by atoms with Crippen molar-refractivity contribution in [1.29, 1.82) is 0 Å². The predicted molar refractivity (Wildman–Crippen MR) is 329 cm³/mol. The molecule has 0 N–H and O–H groups in total. The average Bonchev–Trinajstić information content (AvgIpc) is 1.56. The Morgan fingerprint density at radius 3 is 0.863 bits per heavy atom. The van der Waals surface area contributed by atoms with Crippen molar-refractivity contribution in [2.45, 2.75) is 0 Å². The summed E-state index contributed by atoms with van der Waals surface area (Å²) in [6.07, 6.45) is 0. The van der Waals surface area contributed by atoms with Crippen LogP contribution in [0.2, 0.25) is 0 Å². The van der Waals surface area contributed by atoms with Crippen LogP contribution in [0.15, 0.2) is 243 Å². The van der Waals surface area contributed by atoms with E-state index in [9.17, 15) is 0 Å². The van der Waals surface area contributed by atoms with Gasteiger partial charge in [0, 0.05) is 0 Å². The summed E-state index contributed by atoms with van der Waals surface area (Å²) < 4.78 is 111. The van der Waals surface area contributed by atoms with Crippen molar-refractivity contribution in [3.05, 3.63) is 243 Å². The molecule has 10 aromatic carbocycles. The topological polar surface area (TPSA) is 32.4 Å². The molecular formula is C68H52N10Pt2. The van der Waals surface area contributed by atoms with Gasteiger partial charge in [0.2, 0.25) is 0 Å². The van der Waals surface area contributed by atoms with Crippen molar-refractivity contribution in [1.82, 2.24) is 0 Å². The number of nitrogens with zero attached hydrogens (tertiary/aromatic N) is 10. The van der Waals surface area contributed by atoms with E-state index in [1.165, 1.54) is 19.6 Å². The molecule has 0 aliphatic carbocycles. The van der Waals surface area contributed by atoms with Crippen LogP contribution in [0, 0.1) is 0 Å². The van der Waals surface area contributed by atoms with Crippen molar-refractivity contribution < 1.29 is 51.7 Å². The van der Waals surface area contributed by atoms with Crippen LogP contribution in [0.4, 0.5) is 102 Å². The van der Waals surface area contributed by atoms with Crippen LogP contribution in [-0.2, 0) is 35.3 Å². The fourth-order valence-electron chi connectivity index (χ4n) is 11.5. The molecule has 0 radical (unpaired) electrons. The van der Waals surface area contributed by atoms with Gasteiger partial charge in [-0.2, -0.15) is 0 Å². The molecule has 6 heterocycles. The van der Waals surface area contributed by atoms with Crippen LogP contribution in [0.5, 0.6) is 0 Å². The van der Waals surface area contributed by atoms with E-state index in [4.69, 9.17) is 16.4 Å². The van der Waals surface area contributed by atoms with E-state index in [-0.39, 0.29) is 0 Å². The molecule has 8 bridgehead atoms. The summed E-state index contributed by atoms with van der Waals surface area (Å²) in [5.74, 6) is 0. The van der Waals surface area contributed by atoms with E-state index < -0.39 is 63.2 Å². The third-order valence-electron chi connectivity index (χ3n) is 15.1. The molecule has 394 valence electrons. The van der Waals surface area contributed by atoms with Crippen LogP contribution in [0.3, 0.4) is 0 Å². The van der Waals surface area contributed by atoms with Crippen LogP contribution < -0.4 is 49.0 Å². The zero-order valence-corrected chi connectivity index (χ0v) is 46.7. The Morgan fingerprint density at radius 1 is 0.237 bits per heavy atom. The molecule has 6 aliphatic rings. The van der Waals surface area contributed by atoms with E-state index in [0.717, 1.165) is 45.3 Å². The predicted octanol–water partition coefficient (Wildman–Crippen LogP) is 15.2. The Labute approximate surface area is 498 Å². The number of anilines is 18. The number of rotatable bonds is 3. The van der Waals surface area contributed by atoms with Gasteiger partial charge in [0.15, 0.2) is 0 Å². The Bertz CT molecular complexity index is 4620. The minimum absolute atomic E-state index is 0.458. The molecule has 0 spiro atoms. The van der Waals surface area contributed by atoms with Gasteiger partial charge < -0.3 is 0 Å². The second kappa shape index (κ2) is 18.3. The van der Waals surface area contributed by atoms with Crippen molar-refractivity contribution in [2.24, 2.45) is 0 Å². The SMILES string of the molecule is [2H]C([2H])([2H])N1[C]2=[Pt]=[C]3N(c4cccc(c4)N(c4ccc(N5c6cccc(c6)N6[C](=[Pt]=[C]7N(c8cccc5c8)c5ccccc5N7C([2H])([2H])[2H])N(C([2H])([2H])[2H])c5ccccc56)c(-c5ccccc5)c4)c4cccc(c4)N2c2ccccc21)c1ccccc1N3C([2H])([2H])[2H]. The van der Waals surface area contributed by atoms with E-state index in [0.29, 0.717) is 84.8 Å². The molecule has 80 heavy (non-hydrogen) atoms. The second-order valence-electron chi connectivity index (χ2n) is 19.6. The molecule has 0 atom stereocenters. The van der Waals surface area contributed by atoms with Gasteiger partial charge in [-0.25, -0.2) is 0 Å². The van der Waals surface area contributed by atoms with Gasteiger partial charge in [-0.15, -0.1) is 0 Å². The quantitative estimate of drug-likeness (QED) is 0.171. The molecule has 10 nitrogen and oxygen atoms in total. The Hall–Kier alpha value is -8.94. The Morgan fingerprint density at radius 2 is 0.525 bits per heavy atom. The van der Waals surface area contributed by atoms with Crippen molar-refractivity contribution >= 4 is 119 Å². The molecule has 0 unspecified atom stereocenters. The summed E-state index contributed by atoms with van der Waals surface area (Å²) >= 11 is -3.35. The van der Waals surface area contributed by atoms with Crippen LogP contribution in [0.1, 0.15) is 16.4 Å². The summed E-state index contributed by atoms with van der Waals surface area (Å²) in [4.78, 5) is 18.0. The van der Waals surface area contributed by atoms with E-state index in [1.807, 2.05) is 183 Å². The number of hydrogen-bond donors (Lipinski definition) is 0. The minimum atomic E-state index is -2.66. The zero-order valence-electron chi connectivity index (χ0n) is 54.2. The van der Waals surface area contributed by atoms with Gasteiger partial charge in [0.05, 0.1) is 0 Å². The van der Waals surface area contributed by atoms with E-state index in [1.54, 1.807) is 24.3 Å². The number of fused-ring (bicyclic) bond motifs is 24. The number of benzene rings is 10. The van der Waals surface area contributed by atoms with E-state index >= 15 is 0 Å². The monoisotopic (exact) mass is 1410 g/mol. The van der Waals surface area contributed by atoms with Gasteiger partial charge in [-0.1, -0.05) is 0 Å². The van der Waals surface area contributed by atoms with Crippen molar-refractivity contribution in [3.63, 3.8) is 0 Å². The maximum atomic E-state index is 9.13. The number of para-hydroxylation sites is 8. The average molecular weight is 1410 g/mol. The molecular weight excluding hydrogens is 1350 g/mol. The zero-order chi connectivity index (χ0) is 63.3. The molecule has 6 aliphatic heterocycles. The molecule has 0 fully saturated rings. The van der Waals surface area contributed by atoms with Gasteiger partial charge in [0.1, 0.15) is 0 Å². The van der Waals surface area contributed by atoms with Gasteiger partial charge >= 0.3 is 501 Å². The first-order chi connectivity index (χ1) is 44.2. The summed E-state index contributed by atoms with van der Waals surface area (Å²) in [7, 11) is 0. The van der Waals surface area contributed by atoms with Crippen LogP contribution >= 0.6 is 0 Å². The molecule has 16 rings (SSSR count). The van der Waals surface area contributed by atoms with Crippen LogP contribution in [-0.4, -0.2) is 44.5 Å². The molecule has 0 saturated carbocycles. The van der Waals surface area contributed by atoms with E-state index in [2.05, 4.69) is 64.4 Å². The summed E-state index contributed by atoms with van der Waals surface area (Å²) in [6.45, 7) is -10.6. The molecule has 0 aromatic heterocycles. The van der Waals surface area contributed by atoms with Gasteiger partial charge in [0.25, 0.3) is 0 Å². The van der Waals surface area contributed by atoms with Crippen molar-refractivity contribution in [2.75, 3.05) is 76.9 Å². The first-order valence-corrected chi connectivity index (χ1v) is 30.4. The third kappa shape index (κ3) is 7.11.